The monoisotopic (exact) mass is 323 g/mol. The molecule has 0 amide bonds. The summed E-state index contributed by atoms with van der Waals surface area (Å²) in [4.78, 5) is 3.69. The van der Waals surface area contributed by atoms with Crippen LogP contribution < -0.4 is 4.72 Å². The first kappa shape index (κ1) is 15.5. The fraction of sp³-hybridized carbons (Fsp3) is 0.400. The zero-order valence-corrected chi connectivity index (χ0v) is 11.7. The third kappa shape index (κ3) is 3.82. The van der Waals surface area contributed by atoms with Crippen LogP contribution in [0.15, 0.2) is 29.8 Å². The van der Waals surface area contributed by atoms with Crippen molar-refractivity contribution in [3.63, 3.8) is 0 Å². The van der Waals surface area contributed by atoms with Crippen LogP contribution in [0.1, 0.15) is 5.69 Å². The Labute approximate surface area is 118 Å². The minimum atomic E-state index is -4.52. The van der Waals surface area contributed by atoms with E-state index in [1.54, 1.807) is 7.05 Å². The standard InChI is InChI=1S/C10H12F3N5O2S/c1-17-6-9(14-7-17)21(19,20)15-3-5-18-4-2-8(16-18)10(11,12)13/h2,4,6-7,15H,3,5H2,1H3. The summed E-state index contributed by atoms with van der Waals surface area (Å²) in [5, 5.41) is 3.16. The molecule has 0 aliphatic carbocycles. The van der Waals surface area contributed by atoms with Gasteiger partial charge in [0.25, 0.3) is 10.0 Å². The molecule has 0 aliphatic rings. The number of halogens is 3. The summed E-state index contributed by atoms with van der Waals surface area (Å²) < 4.78 is 65.3. The van der Waals surface area contributed by atoms with Crippen molar-refractivity contribution >= 4 is 10.0 Å². The van der Waals surface area contributed by atoms with Gasteiger partial charge in [-0.1, -0.05) is 0 Å². The molecule has 7 nitrogen and oxygen atoms in total. The Hall–Kier alpha value is -1.88. The average molecular weight is 323 g/mol. The summed E-state index contributed by atoms with van der Waals surface area (Å²) in [7, 11) is -2.16. The van der Waals surface area contributed by atoms with Crippen molar-refractivity contribution in [2.45, 2.75) is 17.7 Å². The third-order valence-corrected chi connectivity index (χ3v) is 3.87. The molecule has 116 valence electrons. The van der Waals surface area contributed by atoms with Crippen molar-refractivity contribution < 1.29 is 21.6 Å². The molecule has 2 rings (SSSR count). The zero-order valence-electron chi connectivity index (χ0n) is 10.9. The average Bonchev–Trinajstić information content (AvgIpc) is 2.97. The minimum Gasteiger partial charge on any atom is -0.339 e. The third-order valence-electron chi connectivity index (χ3n) is 2.52. The van der Waals surface area contributed by atoms with E-state index in [4.69, 9.17) is 0 Å². The van der Waals surface area contributed by atoms with Gasteiger partial charge in [-0.25, -0.2) is 18.1 Å². The molecule has 0 aromatic carbocycles. The van der Waals surface area contributed by atoms with E-state index in [1.807, 2.05) is 0 Å². The molecule has 0 saturated heterocycles. The Kier molecular flexibility index (Phi) is 4.05. The van der Waals surface area contributed by atoms with Gasteiger partial charge < -0.3 is 4.57 Å². The Morgan fingerprint density at radius 1 is 1.38 bits per heavy atom. The lowest BCUT2D eigenvalue weighted by molar-refractivity contribution is -0.141. The number of nitrogens with one attached hydrogen (secondary N) is 1. The summed E-state index contributed by atoms with van der Waals surface area (Å²) in [6.45, 7) is -0.125. The van der Waals surface area contributed by atoms with Crippen LogP contribution in [0.25, 0.3) is 0 Å². The van der Waals surface area contributed by atoms with Crippen LogP contribution in [-0.4, -0.2) is 34.3 Å². The van der Waals surface area contributed by atoms with E-state index in [-0.39, 0.29) is 18.1 Å². The zero-order chi connectivity index (χ0) is 15.7. The quantitative estimate of drug-likeness (QED) is 0.874. The number of hydrogen-bond acceptors (Lipinski definition) is 4. The summed E-state index contributed by atoms with van der Waals surface area (Å²) in [5.74, 6) is 0. The summed E-state index contributed by atoms with van der Waals surface area (Å²) in [5.41, 5.74) is -1.02. The molecule has 0 atom stereocenters. The molecular formula is C10H12F3N5O2S. The smallest absolute Gasteiger partial charge is 0.339 e. The molecule has 0 bridgehead atoms. The first-order chi connectivity index (χ1) is 9.68. The molecule has 0 fully saturated rings. The van der Waals surface area contributed by atoms with Crippen molar-refractivity contribution in [3.05, 3.63) is 30.5 Å². The number of aryl methyl sites for hydroxylation is 1. The maximum atomic E-state index is 12.3. The van der Waals surface area contributed by atoms with Gasteiger partial charge in [0.15, 0.2) is 10.7 Å². The highest BCUT2D eigenvalue weighted by atomic mass is 32.2. The van der Waals surface area contributed by atoms with Crippen LogP contribution in [0.5, 0.6) is 0 Å². The van der Waals surface area contributed by atoms with Gasteiger partial charge in [-0.05, 0) is 6.07 Å². The van der Waals surface area contributed by atoms with Gasteiger partial charge in [0, 0.05) is 26.0 Å². The molecular weight excluding hydrogens is 311 g/mol. The first-order valence-corrected chi connectivity index (χ1v) is 7.25. The fourth-order valence-corrected chi connectivity index (χ4v) is 2.53. The molecule has 0 saturated carbocycles. The highest BCUT2D eigenvalue weighted by molar-refractivity contribution is 7.89. The number of rotatable bonds is 5. The molecule has 1 N–H and O–H groups in total. The van der Waals surface area contributed by atoms with Crippen molar-refractivity contribution in [1.82, 2.24) is 24.1 Å². The number of alkyl halides is 3. The van der Waals surface area contributed by atoms with Crippen LogP contribution in [0.2, 0.25) is 0 Å². The number of nitrogens with zero attached hydrogens (tertiary/aromatic N) is 4. The second-order valence-electron chi connectivity index (χ2n) is 4.24. The molecule has 0 spiro atoms. The Bertz CT molecular complexity index is 719. The highest BCUT2D eigenvalue weighted by Crippen LogP contribution is 2.27. The second kappa shape index (κ2) is 5.48. The molecule has 11 heteroatoms. The lowest BCUT2D eigenvalue weighted by Crippen LogP contribution is -2.28. The van der Waals surface area contributed by atoms with E-state index in [1.165, 1.54) is 17.1 Å². The summed E-state index contributed by atoms with van der Waals surface area (Å²) in [6, 6.07) is 0.827. The highest BCUT2D eigenvalue weighted by Gasteiger charge is 2.33. The van der Waals surface area contributed by atoms with E-state index >= 15 is 0 Å². The number of imidazole rings is 1. The predicted octanol–water partition coefficient (Wildman–Crippen LogP) is 0.614. The Morgan fingerprint density at radius 2 is 2.10 bits per heavy atom. The number of sulfonamides is 1. The van der Waals surface area contributed by atoms with E-state index in [0.29, 0.717) is 0 Å². The van der Waals surface area contributed by atoms with Gasteiger partial charge in [0.1, 0.15) is 0 Å². The maximum Gasteiger partial charge on any atom is 0.435 e. The van der Waals surface area contributed by atoms with E-state index in [2.05, 4.69) is 14.8 Å². The number of hydrogen-bond donors (Lipinski definition) is 1. The molecule has 0 unspecified atom stereocenters. The topological polar surface area (TPSA) is 81.8 Å². The predicted molar refractivity (Wildman–Crippen MR) is 65.6 cm³/mol. The van der Waals surface area contributed by atoms with Crippen LogP contribution in [-0.2, 0) is 29.8 Å². The molecule has 2 heterocycles. The maximum absolute atomic E-state index is 12.3. The van der Waals surface area contributed by atoms with Crippen molar-refractivity contribution in [1.29, 1.82) is 0 Å². The van der Waals surface area contributed by atoms with E-state index < -0.39 is 21.9 Å². The van der Waals surface area contributed by atoms with Crippen LogP contribution >= 0.6 is 0 Å². The summed E-state index contributed by atoms with van der Waals surface area (Å²) in [6.07, 6.45) is -0.730. The lowest BCUT2D eigenvalue weighted by Gasteiger charge is -2.05. The SMILES string of the molecule is Cn1cnc(S(=O)(=O)NCCn2ccc(C(F)(F)F)n2)c1. The molecule has 0 aliphatic heterocycles. The van der Waals surface area contributed by atoms with Gasteiger partial charge in [0.05, 0.1) is 12.9 Å². The van der Waals surface area contributed by atoms with Crippen molar-refractivity contribution in [3.8, 4) is 0 Å². The van der Waals surface area contributed by atoms with E-state index in [9.17, 15) is 21.6 Å². The minimum absolute atomic E-state index is 0.0257. The van der Waals surface area contributed by atoms with Crippen LogP contribution in [0.4, 0.5) is 13.2 Å². The molecule has 2 aromatic rings. The van der Waals surface area contributed by atoms with Gasteiger partial charge in [-0.2, -0.15) is 18.3 Å². The van der Waals surface area contributed by atoms with Crippen LogP contribution in [0, 0.1) is 0 Å². The van der Waals surface area contributed by atoms with Gasteiger partial charge in [-0.3, -0.25) is 4.68 Å². The Balaban J connectivity index is 1.94. The molecule has 0 radical (unpaired) electrons. The second-order valence-corrected chi connectivity index (χ2v) is 5.95. The fourth-order valence-electron chi connectivity index (χ4n) is 1.53. The lowest BCUT2D eigenvalue weighted by atomic mass is 10.4. The Morgan fingerprint density at radius 3 is 2.62 bits per heavy atom. The van der Waals surface area contributed by atoms with Crippen molar-refractivity contribution in [2.24, 2.45) is 7.05 Å². The van der Waals surface area contributed by atoms with Gasteiger partial charge in [-0.15, -0.1) is 0 Å². The molecule has 2 aromatic heterocycles. The van der Waals surface area contributed by atoms with Gasteiger partial charge in [0.2, 0.25) is 0 Å². The normalized spacial score (nSPS) is 12.8. The van der Waals surface area contributed by atoms with Gasteiger partial charge >= 0.3 is 6.18 Å². The molecule has 21 heavy (non-hydrogen) atoms. The van der Waals surface area contributed by atoms with Crippen molar-refractivity contribution in [2.75, 3.05) is 6.54 Å². The summed E-state index contributed by atoms with van der Waals surface area (Å²) >= 11 is 0. The largest absolute Gasteiger partial charge is 0.435 e. The van der Waals surface area contributed by atoms with E-state index in [0.717, 1.165) is 16.9 Å². The number of aromatic nitrogens is 4. The van der Waals surface area contributed by atoms with Crippen LogP contribution in [0.3, 0.4) is 0 Å². The first-order valence-electron chi connectivity index (χ1n) is 5.77.